The molecule has 0 atom stereocenters. The van der Waals surface area contributed by atoms with E-state index in [0.717, 1.165) is 51.7 Å². The van der Waals surface area contributed by atoms with Gasteiger partial charge in [0.1, 0.15) is 10.7 Å². The molecular weight excluding hydrogens is 450 g/mol. The monoisotopic (exact) mass is 471 g/mol. The number of rotatable bonds is 5. The van der Waals surface area contributed by atoms with Gasteiger partial charge in [0.25, 0.3) is 5.56 Å². The largest absolute Gasteiger partial charge is 0.309 e. The van der Waals surface area contributed by atoms with Gasteiger partial charge in [-0.3, -0.25) is 9.36 Å². The molecule has 1 aliphatic rings. The van der Waals surface area contributed by atoms with Crippen molar-refractivity contribution in [2.45, 2.75) is 36.6 Å². The number of nitrogens with one attached hydrogen (secondary N) is 1. The van der Waals surface area contributed by atoms with E-state index in [9.17, 15) is 4.79 Å². The summed E-state index contributed by atoms with van der Waals surface area (Å²) in [6.45, 7) is 0. The summed E-state index contributed by atoms with van der Waals surface area (Å²) in [5.74, 6) is 1.96. The second-order valence-corrected chi connectivity index (χ2v) is 10.1. The Balaban J connectivity index is 1.36. The first-order valence-electron chi connectivity index (χ1n) is 11.0. The van der Waals surface area contributed by atoms with Gasteiger partial charge >= 0.3 is 0 Å². The molecule has 0 fully saturated rings. The Bertz CT molecular complexity index is 1490. The first-order valence-corrected chi connectivity index (χ1v) is 12.8. The Hall–Kier alpha value is -3.23. The van der Waals surface area contributed by atoms with E-state index in [1.807, 2.05) is 60.7 Å². The molecule has 6 nitrogen and oxygen atoms in total. The van der Waals surface area contributed by atoms with Crippen molar-refractivity contribution >= 4 is 33.3 Å². The number of benzene rings is 2. The smallest absolute Gasteiger partial charge is 0.259 e. The number of hydrogen-bond acceptors (Lipinski definition) is 6. The number of para-hydroxylation sites is 1. The first-order chi connectivity index (χ1) is 16.3. The van der Waals surface area contributed by atoms with Gasteiger partial charge in [-0.05, 0) is 43.4 Å². The number of aromatic amines is 1. The number of H-pyrrole nitrogens is 1. The van der Waals surface area contributed by atoms with Crippen LogP contribution in [-0.4, -0.2) is 24.7 Å². The van der Waals surface area contributed by atoms with Gasteiger partial charge in [-0.25, -0.2) is 4.98 Å². The molecule has 0 aliphatic heterocycles. The second-order valence-electron chi connectivity index (χ2n) is 8.04. The maximum Gasteiger partial charge on any atom is 0.259 e. The summed E-state index contributed by atoms with van der Waals surface area (Å²) in [6, 6.07) is 20.1. The third-order valence-electron chi connectivity index (χ3n) is 5.89. The van der Waals surface area contributed by atoms with E-state index in [4.69, 9.17) is 4.98 Å². The van der Waals surface area contributed by atoms with E-state index in [2.05, 4.69) is 19.7 Å². The van der Waals surface area contributed by atoms with Crippen LogP contribution in [0.3, 0.4) is 0 Å². The van der Waals surface area contributed by atoms with Crippen LogP contribution in [0.2, 0.25) is 0 Å². The number of aryl methyl sites for hydroxylation is 2. The van der Waals surface area contributed by atoms with E-state index >= 15 is 0 Å². The lowest BCUT2D eigenvalue weighted by Gasteiger charge is -2.10. The van der Waals surface area contributed by atoms with Crippen LogP contribution in [0.15, 0.2) is 70.6 Å². The Morgan fingerprint density at radius 1 is 0.970 bits per heavy atom. The molecule has 33 heavy (non-hydrogen) atoms. The van der Waals surface area contributed by atoms with E-state index in [1.54, 1.807) is 11.3 Å². The lowest BCUT2D eigenvalue weighted by atomic mass is 9.97. The molecule has 8 heteroatoms. The predicted molar refractivity (Wildman–Crippen MR) is 133 cm³/mol. The topological polar surface area (TPSA) is 76.5 Å². The summed E-state index contributed by atoms with van der Waals surface area (Å²) in [7, 11) is 0. The molecule has 0 bridgehead atoms. The van der Waals surface area contributed by atoms with Crippen LogP contribution in [0.25, 0.3) is 27.3 Å². The van der Waals surface area contributed by atoms with Crippen molar-refractivity contribution in [3.63, 3.8) is 0 Å². The molecule has 3 heterocycles. The van der Waals surface area contributed by atoms with Crippen molar-refractivity contribution in [1.82, 2.24) is 24.7 Å². The minimum Gasteiger partial charge on any atom is -0.309 e. The average Bonchev–Trinajstić information content (AvgIpc) is 3.45. The molecule has 0 amide bonds. The number of thioether (sulfide) groups is 1. The zero-order chi connectivity index (χ0) is 22.2. The lowest BCUT2D eigenvalue weighted by Crippen LogP contribution is -2.12. The van der Waals surface area contributed by atoms with Crippen LogP contribution in [-0.2, 0) is 18.6 Å². The molecule has 0 saturated carbocycles. The van der Waals surface area contributed by atoms with Crippen molar-refractivity contribution < 1.29 is 0 Å². The van der Waals surface area contributed by atoms with Crippen molar-refractivity contribution in [1.29, 1.82) is 0 Å². The molecule has 6 rings (SSSR count). The summed E-state index contributed by atoms with van der Waals surface area (Å²) < 4.78 is 2.06. The molecule has 0 spiro atoms. The third kappa shape index (κ3) is 3.79. The molecule has 1 N–H and O–H groups in total. The van der Waals surface area contributed by atoms with E-state index in [1.165, 1.54) is 28.6 Å². The Kier molecular flexibility index (Phi) is 5.32. The van der Waals surface area contributed by atoms with Gasteiger partial charge in [0.05, 0.1) is 11.1 Å². The van der Waals surface area contributed by atoms with E-state index in [0.29, 0.717) is 11.6 Å². The fourth-order valence-corrected chi connectivity index (χ4v) is 6.46. The van der Waals surface area contributed by atoms with Crippen molar-refractivity contribution in [3.05, 3.63) is 87.3 Å². The van der Waals surface area contributed by atoms with Crippen LogP contribution in [0.5, 0.6) is 0 Å². The summed E-state index contributed by atoms with van der Waals surface area (Å²) in [4.78, 5) is 22.9. The molecule has 0 saturated heterocycles. The van der Waals surface area contributed by atoms with E-state index in [-0.39, 0.29) is 5.56 Å². The normalized spacial score (nSPS) is 13.3. The predicted octanol–water partition coefficient (Wildman–Crippen LogP) is 5.40. The summed E-state index contributed by atoms with van der Waals surface area (Å²) in [5.41, 5.74) is 3.18. The minimum absolute atomic E-state index is 0.0236. The molecule has 164 valence electrons. The average molecular weight is 472 g/mol. The second kappa shape index (κ2) is 8.61. The van der Waals surface area contributed by atoms with Crippen LogP contribution in [0, 0.1) is 0 Å². The highest BCUT2D eigenvalue weighted by Gasteiger charge is 2.21. The molecule has 1 aliphatic carbocycles. The standard InChI is InChI=1S/C25H21N5OS2/c31-23-21-18-13-7-8-14-19(18)33-24(21)27-20(26-23)15-32-25-29-28-22(16-9-3-1-4-10-16)30(25)17-11-5-2-6-12-17/h1-6,9-12H,7-8,13-15H2,(H,26,27,31). The van der Waals surface area contributed by atoms with Gasteiger partial charge in [0.15, 0.2) is 11.0 Å². The molecule has 2 aromatic carbocycles. The number of aromatic nitrogens is 5. The summed E-state index contributed by atoms with van der Waals surface area (Å²) >= 11 is 3.20. The Morgan fingerprint density at radius 3 is 2.55 bits per heavy atom. The highest BCUT2D eigenvalue weighted by molar-refractivity contribution is 7.98. The molecule has 0 unspecified atom stereocenters. The molecular formula is C25H21N5OS2. The Morgan fingerprint density at radius 2 is 1.73 bits per heavy atom. The first kappa shape index (κ1) is 20.4. The van der Waals surface area contributed by atoms with Gasteiger partial charge in [-0.1, -0.05) is 60.3 Å². The lowest BCUT2D eigenvalue weighted by molar-refractivity contribution is 0.700. The van der Waals surface area contributed by atoms with Gasteiger partial charge < -0.3 is 4.98 Å². The van der Waals surface area contributed by atoms with Gasteiger partial charge in [-0.15, -0.1) is 21.5 Å². The fourth-order valence-electron chi connectivity index (χ4n) is 4.36. The van der Waals surface area contributed by atoms with Crippen molar-refractivity contribution in [2.75, 3.05) is 0 Å². The van der Waals surface area contributed by atoms with Gasteiger partial charge in [-0.2, -0.15) is 0 Å². The van der Waals surface area contributed by atoms with Crippen molar-refractivity contribution in [3.8, 4) is 17.1 Å². The molecule has 0 radical (unpaired) electrons. The van der Waals surface area contributed by atoms with E-state index < -0.39 is 0 Å². The van der Waals surface area contributed by atoms with Gasteiger partial charge in [0, 0.05) is 16.1 Å². The molecule has 3 aromatic heterocycles. The Labute approximate surface area is 198 Å². The zero-order valence-electron chi connectivity index (χ0n) is 17.8. The maximum atomic E-state index is 12.9. The van der Waals surface area contributed by atoms with Crippen LogP contribution >= 0.6 is 23.1 Å². The third-order valence-corrected chi connectivity index (χ3v) is 8.02. The maximum absolute atomic E-state index is 12.9. The summed E-state index contributed by atoms with van der Waals surface area (Å²) in [6.07, 6.45) is 4.38. The fraction of sp³-hybridized carbons (Fsp3) is 0.200. The SMILES string of the molecule is O=c1[nH]c(CSc2nnc(-c3ccccc3)n2-c2ccccc2)nc2sc3c(c12)CCCC3. The van der Waals surface area contributed by atoms with Crippen LogP contribution in [0.4, 0.5) is 0 Å². The van der Waals surface area contributed by atoms with Crippen molar-refractivity contribution in [2.24, 2.45) is 0 Å². The highest BCUT2D eigenvalue weighted by Crippen LogP contribution is 2.34. The number of fused-ring (bicyclic) bond motifs is 3. The quantitative estimate of drug-likeness (QED) is 0.347. The zero-order valence-corrected chi connectivity index (χ0v) is 19.5. The van der Waals surface area contributed by atoms with Gasteiger partial charge in [0.2, 0.25) is 0 Å². The number of thiophene rings is 1. The van der Waals surface area contributed by atoms with Crippen LogP contribution in [0.1, 0.15) is 29.1 Å². The minimum atomic E-state index is -0.0236. The van der Waals surface area contributed by atoms with Crippen LogP contribution < -0.4 is 5.56 Å². The number of hydrogen-bond donors (Lipinski definition) is 1. The highest BCUT2D eigenvalue weighted by atomic mass is 32.2. The number of nitrogens with zero attached hydrogens (tertiary/aromatic N) is 4. The summed E-state index contributed by atoms with van der Waals surface area (Å²) in [5, 5.41) is 10.5. The molecule has 5 aromatic rings.